The molecule has 0 aliphatic rings. The van der Waals surface area contributed by atoms with Crippen LogP contribution in [0.5, 0.6) is 0 Å². The van der Waals surface area contributed by atoms with E-state index in [2.05, 4.69) is 5.32 Å². The second-order valence-electron chi connectivity index (χ2n) is 9.17. The van der Waals surface area contributed by atoms with Gasteiger partial charge in [0.25, 0.3) is 0 Å². The number of hydrogen-bond acceptors (Lipinski definition) is 8. The number of rotatable bonds is 11. The van der Waals surface area contributed by atoms with Crippen LogP contribution in [0.1, 0.15) is 35.3 Å². The summed E-state index contributed by atoms with van der Waals surface area (Å²) >= 11 is 3.07. The van der Waals surface area contributed by atoms with E-state index in [1.807, 2.05) is 53.2 Å². The first kappa shape index (κ1) is 32.1. The summed E-state index contributed by atoms with van der Waals surface area (Å²) in [5, 5.41) is 7.86. The summed E-state index contributed by atoms with van der Waals surface area (Å²) in [7, 11) is -2.77. The van der Waals surface area contributed by atoms with Crippen molar-refractivity contribution < 1.29 is 52.1 Å². The Labute approximate surface area is 264 Å². The zero-order valence-electron chi connectivity index (χ0n) is 22.4. The Bertz CT molecular complexity index is 1510. The summed E-state index contributed by atoms with van der Waals surface area (Å²) in [6.07, 6.45) is 0.733. The van der Waals surface area contributed by atoms with Crippen LogP contribution >= 0.6 is 22.7 Å². The standard InChI is InChI=1S/C28H29N3O5S3.Na/c1-19(32)31(2)25(16-20-7-4-3-5-8-20)27(33)29-23(24-17-38-28(30-24)26-9-6-14-37-26)15-21-10-12-22(13-11-21)18-39(34,35)36;/h3-14,17,23,25H,15-16,18H2,1-2H3,(H,29,33)(H,34,35,36);/q;+1/p-1/t23-,25-;/m0./s1. The van der Waals surface area contributed by atoms with E-state index in [0.29, 0.717) is 24.1 Å². The minimum Gasteiger partial charge on any atom is -0.748 e. The molecule has 2 atom stereocenters. The molecule has 0 saturated heterocycles. The Balaban J connectivity index is 0.00000441. The van der Waals surface area contributed by atoms with Gasteiger partial charge in [-0.2, -0.15) is 0 Å². The number of nitrogens with one attached hydrogen (secondary N) is 1. The summed E-state index contributed by atoms with van der Waals surface area (Å²) in [6.45, 7) is 1.43. The number of aromatic nitrogens is 1. The van der Waals surface area contributed by atoms with Crippen LogP contribution in [0.25, 0.3) is 9.88 Å². The molecule has 4 aromatic rings. The van der Waals surface area contributed by atoms with Gasteiger partial charge in [0.15, 0.2) is 0 Å². The molecule has 0 bridgehead atoms. The number of thiazole rings is 1. The molecule has 0 unspecified atom stereocenters. The largest absolute Gasteiger partial charge is 1.00 e. The Morgan fingerprint density at radius 3 is 2.20 bits per heavy atom. The van der Waals surface area contributed by atoms with Gasteiger partial charge in [0.05, 0.1) is 32.5 Å². The minimum absolute atomic E-state index is 0. The van der Waals surface area contributed by atoms with E-state index in [1.165, 1.54) is 23.2 Å². The van der Waals surface area contributed by atoms with Crippen LogP contribution < -0.4 is 34.9 Å². The molecule has 8 nitrogen and oxygen atoms in total. The molecule has 12 heteroatoms. The number of hydrogen-bond donors (Lipinski definition) is 1. The van der Waals surface area contributed by atoms with Gasteiger partial charge in [-0.25, -0.2) is 13.4 Å². The third kappa shape index (κ3) is 9.07. The molecule has 1 N–H and O–H groups in total. The fourth-order valence-corrected chi connectivity index (χ4v) is 6.42. The number of carbonyl (C=O) groups excluding carboxylic acids is 2. The fourth-order valence-electron chi connectivity index (χ4n) is 4.13. The summed E-state index contributed by atoms with van der Waals surface area (Å²) in [5.74, 6) is -1.11. The first-order valence-corrected chi connectivity index (χ1v) is 15.5. The molecule has 2 heterocycles. The van der Waals surface area contributed by atoms with Gasteiger partial charge in [0.1, 0.15) is 11.0 Å². The van der Waals surface area contributed by atoms with Gasteiger partial charge in [-0.15, -0.1) is 22.7 Å². The number of amides is 2. The van der Waals surface area contributed by atoms with Gasteiger partial charge in [0.2, 0.25) is 11.8 Å². The van der Waals surface area contributed by atoms with Crippen LogP contribution in [0.2, 0.25) is 0 Å². The quantitative estimate of drug-likeness (QED) is 0.204. The molecular weight excluding hydrogens is 578 g/mol. The van der Waals surface area contributed by atoms with Crippen molar-refractivity contribution in [1.82, 2.24) is 15.2 Å². The molecular formula is C28H28N3NaO5S3. The summed E-state index contributed by atoms with van der Waals surface area (Å²) in [6, 6.07) is 18.9. The van der Waals surface area contributed by atoms with Crippen LogP contribution in [0.3, 0.4) is 0 Å². The van der Waals surface area contributed by atoms with Gasteiger partial charge < -0.3 is 14.8 Å². The molecule has 4 rings (SSSR count). The maximum atomic E-state index is 13.7. The summed E-state index contributed by atoms with van der Waals surface area (Å²) in [5.41, 5.74) is 2.85. The third-order valence-electron chi connectivity index (χ3n) is 6.27. The van der Waals surface area contributed by atoms with Crippen molar-refractivity contribution in [3.05, 3.63) is 99.9 Å². The molecule has 0 aliphatic heterocycles. The Morgan fingerprint density at radius 2 is 1.60 bits per heavy atom. The third-order valence-corrected chi connectivity index (χ3v) is 8.86. The van der Waals surface area contributed by atoms with Crippen molar-refractivity contribution in [1.29, 1.82) is 0 Å². The Kier molecular flexibility index (Phi) is 11.6. The molecule has 2 aromatic heterocycles. The maximum absolute atomic E-state index is 13.7. The molecule has 0 aliphatic carbocycles. The van der Waals surface area contributed by atoms with Crippen LogP contribution in [-0.2, 0) is 38.3 Å². The maximum Gasteiger partial charge on any atom is 1.00 e. The predicted octanol–water partition coefficient (Wildman–Crippen LogP) is 1.41. The first-order chi connectivity index (χ1) is 18.6. The number of likely N-dealkylation sites (N-methyl/N-ethyl adjacent to an activating group) is 1. The van der Waals surface area contributed by atoms with E-state index in [-0.39, 0.29) is 41.4 Å². The van der Waals surface area contributed by atoms with Crippen LogP contribution in [0.15, 0.2) is 77.5 Å². The van der Waals surface area contributed by atoms with Crippen molar-refractivity contribution in [2.45, 2.75) is 37.6 Å². The van der Waals surface area contributed by atoms with E-state index in [0.717, 1.165) is 21.0 Å². The molecule has 204 valence electrons. The average Bonchev–Trinajstić information content (AvgIpc) is 3.60. The van der Waals surface area contributed by atoms with Crippen molar-refractivity contribution in [2.24, 2.45) is 0 Å². The van der Waals surface area contributed by atoms with E-state index in [4.69, 9.17) is 4.98 Å². The van der Waals surface area contributed by atoms with Crippen molar-refractivity contribution in [3.63, 3.8) is 0 Å². The predicted molar refractivity (Wildman–Crippen MR) is 152 cm³/mol. The zero-order chi connectivity index (χ0) is 28.0. The Morgan fingerprint density at radius 1 is 0.950 bits per heavy atom. The van der Waals surface area contributed by atoms with E-state index >= 15 is 0 Å². The van der Waals surface area contributed by atoms with Gasteiger partial charge in [-0.3, -0.25) is 9.59 Å². The molecule has 0 fully saturated rings. The SMILES string of the molecule is CC(=O)N(C)[C@@H](Cc1ccccc1)C(=O)N[C@@H](Cc1ccc(CS(=O)(=O)[O-])cc1)c1csc(-c2cccs2)n1.[Na+]. The summed E-state index contributed by atoms with van der Waals surface area (Å²) in [4.78, 5) is 33.2. The molecule has 0 radical (unpaired) electrons. The number of carbonyl (C=O) groups is 2. The van der Waals surface area contributed by atoms with Crippen LogP contribution in [0.4, 0.5) is 0 Å². The van der Waals surface area contributed by atoms with Crippen LogP contribution in [0, 0.1) is 0 Å². The summed E-state index contributed by atoms with van der Waals surface area (Å²) < 4.78 is 33.4. The molecule has 0 saturated carbocycles. The number of nitrogens with zero attached hydrogens (tertiary/aromatic N) is 2. The smallest absolute Gasteiger partial charge is 0.748 e. The number of thiophene rings is 1. The minimum atomic E-state index is -4.39. The van der Waals surface area contributed by atoms with E-state index in [9.17, 15) is 22.6 Å². The monoisotopic (exact) mass is 605 g/mol. The second-order valence-corrected chi connectivity index (χ2v) is 12.4. The fraction of sp³-hybridized carbons (Fsp3) is 0.250. The van der Waals surface area contributed by atoms with Gasteiger partial charge in [0, 0.05) is 25.8 Å². The normalized spacial score (nSPS) is 12.7. The van der Waals surface area contributed by atoms with E-state index < -0.39 is 28.0 Å². The molecule has 40 heavy (non-hydrogen) atoms. The number of benzene rings is 2. The first-order valence-electron chi connectivity index (χ1n) is 12.2. The van der Waals surface area contributed by atoms with Gasteiger partial charge in [-0.1, -0.05) is 60.7 Å². The van der Waals surface area contributed by atoms with Gasteiger partial charge >= 0.3 is 29.6 Å². The second kappa shape index (κ2) is 14.5. The van der Waals surface area contributed by atoms with Crippen molar-refractivity contribution in [2.75, 3.05) is 7.05 Å². The van der Waals surface area contributed by atoms with Crippen molar-refractivity contribution >= 4 is 44.6 Å². The van der Waals surface area contributed by atoms with Crippen molar-refractivity contribution in [3.8, 4) is 9.88 Å². The average molecular weight is 606 g/mol. The molecule has 2 aromatic carbocycles. The van der Waals surface area contributed by atoms with E-state index in [1.54, 1.807) is 42.6 Å². The Hall–Kier alpha value is -2.38. The molecule has 2 amide bonds. The zero-order valence-corrected chi connectivity index (χ0v) is 26.9. The molecule has 0 spiro atoms. The topological polar surface area (TPSA) is 120 Å². The van der Waals surface area contributed by atoms with Gasteiger partial charge in [-0.05, 0) is 34.6 Å². The van der Waals surface area contributed by atoms with Crippen LogP contribution in [-0.4, -0.2) is 47.8 Å².